The summed E-state index contributed by atoms with van der Waals surface area (Å²) in [5.74, 6) is 1.80. The molecule has 1 aromatic rings. The molecular weight excluding hydrogens is 370 g/mol. The predicted octanol–water partition coefficient (Wildman–Crippen LogP) is 2.34. The molecule has 1 heterocycles. The minimum atomic E-state index is -0.339. The second-order valence-corrected chi connectivity index (χ2v) is 8.84. The first-order valence-corrected chi connectivity index (χ1v) is 11.1. The van der Waals surface area contributed by atoms with Crippen molar-refractivity contribution in [3.8, 4) is 0 Å². The van der Waals surface area contributed by atoms with Crippen LogP contribution in [0.2, 0.25) is 0 Å². The van der Waals surface area contributed by atoms with Crippen LogP contribution in [0, 0.1) is 17.8 Å². The molecule has 3 unspecified atom stereocenters. The maximum absolute atomic E-state index is 11.9. The lowest BCUT2D eigenvalue weighted by molar-refractivity contribution is 0.118. The van der Waals surface area contributed by atoms with Gasteiger partial charge in [0, 0.05) is 25.2 Å². The molecule has 1 aromatic heterocycles. The largest absolute Gasteiger partial charge is 0.449 e. The molecule has 3 atom stereocenters. The zero-order chi connectivity index (χ0) is 20.8. The maximum atomic E-state index is 11.9. The average molecular weight is 408 g/mol. The highest BCUT2D eigenvalue weighted by atomic mass is 16.5. The number of fused-ring (bicyclic) bond motifs is 2. The van der Waals surface area contributed by atoms with Crippen LogP contribution >= 0.6 is 0 Å². The van der Waals surface area contributed by atoms with Gasteiger partial charge in [-0.05, 0) is 57.3 Å². The SMILES string of the molecule is CC(C)NCCOCCNC(=O)OCC1C2CCc3nnn(C(C)C)c3CCC21. The quantitative estimate of drug-likeness (QED) is 0.579. The van der Waals surface area contributed by atoms with Crippen molar-refractivity contribution < 1.29 is 14.3 Å². The summed E-state index contributed by atoms with van der Waals surface area (Å²) in [4.78, 5) is 11.9. The first kappa shape index (κ1) is 22.0. The molecule has 3 rings (SSSR count). The highest BCUT2D eigenvalue weighted by molar-refractivity contribution is 5.67. The molecule has 2 aliphatic carbocycles. The smallest absolute Gasteiger partial charge is 0.407 e. The van der Waals surface area contributed by atoms with E-state index in [2.05, 4.69) is 53.3 Å². The number of hydrogen-bond donors (Lipinski definition) is 2. The second-order valence-electron chi connectivity index (χ2n) is 8.84. The lowest BCUT2D eigenvalue weighted by Gasteiger charge is -2.12. The van der Waals surface area contributed by atoms with Gasteiger partial charge in [-0.15, -0.1) is 5.10 Å². The first-order chi connectivity index (χ1) is 14.0. The van der Waals surface area contributed by atoms with Gasteiger partial charge in [-0.1, -0.05) is 19.1 Å². The number of rotatable bonds is 10. The monoisotopic (exact) mass is 407 g/mol. The molecule has 0 saturated heterocycles. The summed E-state index contributed by atoms with van der Waals surface area (Å²) >= 11 is 0. The van der Waals surface area contributed by atoms with Gasteiger partial charge in [-0.25, -0.2) is 9.48 Å². The molecule has 8 heteroatoms. The fourth-order valence-corrected chi connectivity index (χ4v) is 4.42. The minimum absolute atomic E-state index is 0.339. The van der Waals surface area contributed by atoms with E-state index >= 15 is 0 Å². The van der Waals surface area contributed by atoms with E-state index in [4.69, 9.17) is 9.47 Å². The zero-order valence-corrected chi connectivity index (χ0v) is 18.3. The Bertz CT molecular complexity index is 661. The molecule has 8 nitrogen and oxygen atoms in total. The topological polar surface area (TPSA) is 90.3 Å². The summed E-state index contributed by atoms with van der Waals surface area (Å²) in [6.07, 6.45) is 3.91. The van der Waals surface area contributed by atoms with E-state index in [0.29, 0.717) is 56.2 Å². The van der Waals surface area contributed by atoms with Crippen molar-refractivity contribution in [1.82, 2.24) is 25.6 Å². The zero-order valence-electron chi connectivity index (χ0n) is 18.3. The molecule has 1 fully saturated rings. The number of amides is 1. The van der Waals surface area contributed by atoms with E-state index in [1.54, 1.807) is 0 Å². The van der Waals surface area contributed by atoms with E-state index in [1.165, 1.54) is 5.69 Å². The molecule has 0 bridgehead atoms. The van der Waals surface area contributed by atoms with Crippen molar-refractivity contribution in [3.05, 3.63) is 11.4 Å². The fraction of sp³-hybridized carbons (Fsp3) is 0.857. The molecule has 2 aliphatic rings. The summed E-state index contributed by atoms with van der Waals surface area (Å²) < 4.78 is 13.0. The van der Waals surface area contributed by atoms with Crippen LogP contribution in [0.1, 0.15) is 58.0 Å². The van der Waals surface area contributed by atoms with Crippen LogP contribution < -0.4 is 10.6 Å². The summed E-state index contributed by atoms with van der Waals surface area (Å²) in [7, 11) is 0. The number of nitrogens with one attached hydrogen (secondary N) is 2. The van der Waals surface area contributed by atoms with Gasteiger partial charge >= 0.3 is 6.09 Å². The Labute approximate surface area is 174 Å². The van der Waals surface area contributed by atoms with Crippen LogP contribution in [-0.2, 0) is 22.3 Å². The molecule has 0 spiro atoms. The van der Waals surface area contributed by atoms with Crippen LogP contribution in [-0.4, -0.2) is 60.0 Å². The standard InChI is InChI=1S/C21H37N5O3/c1-14(2)22-9-11-28-12-10-23-21(27)29-13-18-16-5-7-19-20(8-6-17(16)18)26(15(3)4)25-24-19/h14-18,22H,5-13H2,1-4H3,(H,23,27). The fourth-order valence-electron chi connectivity index (χ4n) is 4.42. The molecule has 0 radical (unpaired) electrons. The van der Waals surface area contributed by atoms with E-state index < -0.39 is 0 Å². The molecule has 0 aliphatic heterocycles. The predicted molar refractivity (Wildman–Crippen MR) is 111 cm³/mol. The maximum Gasteiger partial charge on any atom is 0.407 e. The third kappa shape index (κ3) is 6.15. The summed E-state index contributed by atoms with van der Waals surface area (Å²) in [5, 5.41) is 14.8. The van der Waals surface area contributed by atoms with Crippen LogP contribution in [0.4, 0.5) is 4.79 Å². The Kier molecular flexibility index (Phi) is 7.89. The lowest BCUT2D eigenvalue weighted by Crippen LogP contribution is -2.30. The highest BCUT2D eigenvalue weighted by Crippen LogP contribution is 2.52. The first-order valence-electron chi connectivity index (χ1n) is 11.1. The third-order valence-electron chi connectivity index (χ3n) is 6.02. The molecule has 1 amide bonds. The van der Waals surface area contributed by atoms with Gasteiger partial charge in [0.15, 0.2) is 0 Å². The van der Waals surface area contributed by atoms with E-state index in [9.17, 15) is 4.79 Å². The van der Waals surface area contributed by atoms with Crippen molar-refractivity contribution in [2.45, 2.75) is 65.5 Å². The molecule has 2 N–H and O–H groups in total. The van der Waals surface area contributed by atoms with Crippen LogP contribution in [0.3, 0.4) is 0 Å². The highest BCUT2D eigenvalue weighted by Gasteiger charge is 2.50. The summed E-state index contributed by atoms with van der Waals surface area (Å²) in [6.45, 7) is 11.5. The van der Waals surface area contributed by atoms with Gasteiger partial charge in [0.25, 0.3) is 0 Å². The van der Waals surface area contributed by atoms with Crippen LogP contribution in [0.5, 0.6) is 0 Å². The van der Waals surface area contributed by atoms with Gasteiger partial charge in [0.1, 0.15) is 0 Å². The molecule has 164 valence electrons. The number of carbonyl (C=O) groups is 1. The van der Waals surface area contributed by atoms with Gasteiger partial charge in [0.2, 0.25) is 0 Å². The van der Waals surface area contributed by atoms with Crippen molar-refractivity contribution in [1.29, 1.82) is 0 Å². The number of aryl methyl sites for hydroxylation is 1. The normalized spacial score (nSPS) is 23.3. The molecule has 0 aromatic carbocycles. The third-order valence-corrected chi connectivity index (χ3v) is 6.02. The second kappa shape index (κ2) is 10.4. The Morgan fingerprint density at radius 3 is 2.59 bits per heavy atom. The van der Waals surface area contributed by atoms with Gasteiger partial charge in [-0.2, -0.15) is 0 Å². The van der Waals surface area contributed by atoms with Gasteiger partial charge < -0.3 is 20.1 Å². The minimum Gasteiger partial charge on any atom is -0.449 e. The summed E-state index contributed by atoms with van der Waals surface area (Å²) in [5.41, 5.74) is 2.46. The number of nitrogens with zero attached hydrogens (tertiary/aromatic N) is 3. The van der Waals surface area contributed by atoms with E-state index in [1.807, 2.05) is 0 Å². The number of hydrogen-bond acceptors (Lipinski definition) is 6. The van der Waals surface area contributed by atoms with Crippen molar-refractivity contribution in [3.63, 3.8) is 0 Å². The van der Waals surface area contributed by atoms with Crippen molar-refractivity contribution >= 4 is 6.09 Å². The Morgan fingerprint density at radius 2 is 1.86 bits per heavy atom. The average Bonchev–Trinajstić information content (AvgIpc) is 3.14. The van der Waals surface area contributed by atoms with Crippen molar-refractivity contribution in [2.24, 2.45) is 17.8 Å². The number of ether oxygens (including phenoxy) is 2. The van der Waals surface area contributed by atoms with Gasteiger partial charge in [-0.3, -0.25) is 0 Å². The van der Waals surface area contributed by atoms with Crippen LogP contribution in [0.15, 0.2) is 0 Å². The lowest BCUT2D eigenvalue weighted by atomic mass is 10.0. The van der Waals surface area contributed by atoms with Crippen molar-refractivity contribution in [2.75, 3.05) is 32.9 Å². The summed E-state index contributed by atoms with van der Waals surface area (Å²) in [6, 6.07) is 0.806. The van der Waals surface area contributed by atoms with E-state index in [-0.39, 0.29) is 6.09 Å². The van der Waals surface area contributed by atoms with E-state index in [0.717, 1.165) is 37.9 Å². The Morgan fingerprint density at radius 1 is 1.14 bits per heavy atom. The molecule has 1 saturated carbocycles. The van der Waals surface area contributed by atoms with Crippen LogP contribution in [0.25, 0.3) is 0 Å². The van der Waals surface area contributed by atoms with Gasteiger partial charge in [0.05, 0.1) is 31.2 Å². The Balaban J connectivity index is 1.30. The molecular formula is C21H37N5O3. The number of aromatic nitrogens is 3. The number of carbonyl (C=O) groups excluding carboxylic acids is 1. The Hall–Kier alpha value is -1.67. The number of alkyl carbamates (subject to hydrolysis) is 1. The molecule has 29 heavy (non-hydrogen) atoms.